The highest BCUT2D eigenvalue weighted by Crippen LogP contribution is 2.26. The van der Waals surface area contributed by atoms with Gasteiger partial charge in [-0.05, 0) is 6.07 Å². The Morgan fingerprint density at radius 3 is 2.50 bits per heavy atom. The van der Waals surface area contributed by atoms with Gasteiger partial charge in [-0.2, -0.15) is 0 Å². The first-order valence-electron chi connectivity index (χ1n) is 5.24. The highest BCUT2D eigenvalue weighted by atomic mass is 35.5. The second-order valence-electron chi connectivity index (χ2n) is 3.42. The van der Waals surface area contributed by atoms with Crippen molar-refractivity contribution in [2.75, 3.05) is 31.2 Å². The molecule has 7 nitrogen and oxygen atoms in total. The lowest BCUT2D eigenvalue weighted by Crippen LogP contribution is -2.31. The van der Waals surface area contributed by atoms with Crippen molar-refractivity contribution in [1.82, 2.24) is 4.98 Å². The Morgan fingerprint density at radius 1 is 1.39 bits per heavy atom. The Balaban J connectivity index is 3.15. The highest BCUT2D eigenvalue weighted by Gasteiger charge is 2.16. The van der Waals surface area contributed by atoms with Gasteiger partial charge in [0.2, 0.25) is 0 Å². The molecular formula is C10H15ClN4O3. The minimum Gasteiger partial charge on any atom is -0.409 e. The third kappa shape index (κ3) is 3.22. The van der Waals surface area contributed by atoms with Crippen molar-refractivity contribution in [1.29, 1.82) is 0 Å². The number of aliphatic hydroxyl groups is 2. The molecule has 0 saturated carbocycles. The van der Waals surface area contributed by atoms with Crippen molar-refractivity contribution in [3.8, 4) is 0 Å². The van der Waals surface area contributed by atoms with Gasteiger partial charge in [0, 0.05) is 24.8 Å². The number of pyridine rings is 1. The molecule has 0 aliphatic rings. The number of halogens is 1. The van der Waals surface area contributed by atoms with Crippen LogP contribution in [0.5, 0.6) is 0 Å². The van der Waals surface area contributed by atoms with Gasteiger partial charge in [0.15, 0.2) is 5.84 Å². The van der Waals surface area contributed by atoms with Crippen LogP contribution in [0.3, 0.4) is 0 Å². The lowest BCUT2D eigenvalue weighted by atomic mass is 10.2. The average molecular weight is 275 g/mol. The van der Waals surface area contributed by atoms with Gasteiger partial charge in [-0.25, -0.2) is 4.98 Å². The Labute approximate surface area is 109 Å². The maximum atomic E-state index is 8.96. The summed E-state index contributed by atoms with van der Waals surface area (Å²) in [5, 5.41) is 29.6. The third-order valence-electron chi connectivity index (χ3n) is 2.29. The van der Waals surface area contributed by atoms with Gasteiger partial charge in [0.1, 0.15) is 5.82 Å². The van der Waals surface area contributed by atoms with E-state index < -0.39 is 0 Å². The molecule has 0 aromatic carbocycles. The van der Waals surface area contributed by atoms with Gasteiger partial charge in [-0.1, -0.05) is 16.8 Å². The molecule has 1 rings (SSSR count). The maximum Gasteiger partial charge on any atom is 0.171 e. The van der Waals surface area contributed by atoms with E-state index in [0.29, 0.717) is 11.4 Å². The third-order valence-corrected chi connectivity index (χ3v) is 2.67. The monoisotopic (exact) mass is 274 g/mol. The zero-order chi connectivity index (χ0) is 13.5. The van der Waals surface area contributed by atoms with Crippen LogP contribution in [0.25, 0.3) is 0 Å². The molecule has 18 heavy (non-hydrogen) atoms. The standard InChI is InChI=1S/C10H15ClN4O3/c11-8-7(9(12)14-18)1-2-13-10(8)15(3-5-16)4-6-17/h1-2,16-18H,3-6H2,(H2,12,14). The van der Waals surface area contributed by atoms with Crippen molar-refractivity contribution in [2.24, 2.45) is 10.9 Å². The molecule has 8 heteroatoms. The molecule has 0 aliphatic carbocycles. The van der Waals surface area contributed by atoms with Gasteiger partial charge >= 0.3 is 0 Å². The summed E-state index contributed by atoms with van der Waals surface area (Å²) in [5.74, 6) is 0.237. The number of anilines is 1. The number of oxime groups is 1. The fourth-order valence-electron chi connectivity index (χ4n) is 1.47. The van der Waals surface area contributed by atoms with Gasteiger partial charge in [-0.15, -0.1) is 0 Å². The van der Waals surface area contributed by atoms with Crippen molar-refractivity contribution in [3.63, 3.8) is 0 Å². The summed E-state index contributed by atoms with van der Waals surface area (Å²) < 4.78 is 0. The Bertz CT molecular complexity index is 422. The van der Waals surface area contributed by atoms with Crippen LogP contribution < -0.4 is 10.6 Å². The first-order valence-corrected chi connectivity index (χ1v) is 5.62. The highest BCUT2D eigenvalue weighted by molar-refractivity contribution is 6.36. The summed E-state index contributed by atoms with van der Waals surface area (Å²) in [7, 11) is 0. The number of hydrogen-bond donors (Lipinski definition) is 4. The number of nitrogens with two attached hydrogens (primary N) is 1. The fraction of sp³-hybridized carbons (Fsp3) is 0.400. The van der Waals surface area contributed by atoms with Crippen LogP contribution in [-0.2, 0) is 0 Å². The van der Waals surface area contributed by atoms with Crippen LogP contribution in [0.1, 0.15) is 5.56 Å². The molecule has 0 spiro atoms. The van der Waals surface area contributed by atoms with E-state index in [-0.39, 0.29) is 37.2 Å². The van der Waals surface area contributed by atoms with Crippen molar-refractivity contribution in [2.45, 2.75) is 0 Å². The summed E-state index contributed by atoms with van der Waals surface area (Å²) in [6, 6.07) is 1.51. The van der Waals surface area contributed by atoms with E-state index in [4.69, 9.17) is 32.8 Å². The van der Waals surface area contributed by atoms with E-state index in [1.807, 2.05) is 0 Å². The maximum absolute atomic E-state index is 8.96. The summed E-state index contributed by atoms with van der Waals surface area (Å²) >= 11 is 6.11. The number of rotatable bonds is 6. The predicted molar refractivity (Wildman–Crippen MR) is 68.1 cm³/mol. The zero-order valence-corrected chi connectivity index (χ0v) is 10.4. The minimum absolute atomic E-state index is 0.105. The number of aliphatic hydroxyl groups excluding tert-OH is 2. The summed E-state index contributed by atoms with van der Waals surface area (Å²) in [4.78, 5) is 5.68. The van der Waals surface area contributed by atoms with Gasteiger partial charge in [-0.3, -0.25) is 0 Å². The quantitative estimate of drug-likeness (QED) is 0.243. The van der Waals surface area contributed by atoms with Crippen molar-refractivity contribution < 1.29 is 15.4 Å². The summed E-state index contributed by atoms with van der Waals surface area (Å²) in [6.45, 7) is 0.331. The lowest BCUT2D eigenvalue weighted by Gasteiger charge is -2.23. The van der Waals surface area contributed by atoms with Gasteiger partial charge < -0.3 is 26.1 Å². The largest absolute Gasteiger partial charge is 0.409 e. The lowest BCUT2D eigenvalue weighted by molar-refractivity contribution is 0.280. The second-order valence-corrected chi connectivity index (χ2v) is 3.79. The molecule has 0 bridgehead atoms. The smallest absolute Gasteiger partial charge is 0.171 e. The van der Waals surface area contributed by atoms with Crippen LogP contribution in [0.4, 0.5) is 5.82 Å². The van der Waals surface area contributed by atoms with E-state index in [0.717, 1.165) is 0 Å². The normalized spacial score (nSPS) is 11.6. The average Bonchev–Trinajstić information content (AvgIpc) is 2.38. The molecule has 0 atom stereocenters. The second kappa shape index (κ2) is 7.00. The van der Waals surface area contributed by atoms with Crippen LogP contribution in [-0.4, -0.2) is 52.5 Å². The molecule has 0 aliphatic heterocycles. The SMILES string of the molecule is N/C(=N/O)c1ccnc(N(CCO)CCO)c1Cl. The van der Waals surface area contributed by atoms with Crippen LogP contribution in [0, 0.1) is 0 Å². The molecule has 1 heterocycles. The zero-order valence-electron chi connectivity index (χ0n) is 9.62. The number of aromatic nitrogens is 1. The van der Waals surface area contributed by atoms with Crippen LogP contribution in [0.2, 0.25) is 5.02 Å². The summed E-state index contributed by atoms with van der Waals surface area (Å²) in [5.41, 5.74) is 5.82. The van der Waals surface area contributed by atoms with E-state index in [2.05, 4.69) is 10.1 Å². The van der Waals surface area contributed by atoms with E-state index in [1.54, 1.807) is 4.90 Å². The first-order chi connectivity index (χ1) is 8.65. The number of amidine groups is 1. The number of nitrogens with zero attached hydrogens (tertiary/aromatic N) is 3. The molecule has 1 aromatic heterocycles. The fourth-order valence-corrected chi connectivity index (χ4v) is 1.80. The minimum atomic E-state index is -0.128. The van der Waals surface area contributed by atoms with E-state index >= 15 is 0 Å². The molecular weight excluding hydrogens is 260 g/mol. The molecule has 0 fully saturated rings. The van der Waals surface area contributed by atoms with Crippen molar-refractivity contribution in [3.05, 3.63) is 22.8 Å². The predicted octanol–water partition coefficient (Wildman–Crippen LogP) is -0.379. The molecule has 0 radical (unpaired) electrons. The van der Waals surface area contributed by atoms with Crippen molar-refractivity contribution >= 4 is 23.3 Å². The Kier molecular flexibility index (Phi) is 5.63. The molecule has 5 N–H and O–H groups in total. The van der Waals surface area contributed by atoms with Crippen LogP contribution in [0.15, 0.2) is 17.4 Å². The molecule has 100 valence electrons. The van der Waals surface area contributed by atoms with E-state index in [1.165, 1.54) is 12.3 Å². The topological polar surface area (TPSA) is 115 Å². The van der Waals surface area contributed by atoms with Crippen LogP contribution >= 0.6 is 11.6 Å². The summed E-state index contributed by atoms with van der Waals surface area (Å²) in [6.07, 6.45) is 1.45. The Hall–Kier alpha value is -1.57. The van der Waals surface area contributed by atoms with Gasteiger partial charge in [0.05, 0.1) is 18.2 Å². The Morgan fingerprint density at radius 2 is 2.00 bits per heavy atom. The molecule has 0 unspecified atom stereocenters. The molecule has 1 aromatic rings. The number of hydrogen-bond acceptors (Lipinski definition) is 6. The molecule has 0 amide bonds. The van der Waals surface area contributed by atoms with Gasteiger partial charge in [0.25, 0.3) is 0 Å². The first kappa shape index (κ1) is 14.5. The van der Waals surface area contributed by atoms with E-state index in [9.17, 15) is 0 Å². The molecule has 0 saturated heterocycles.